The molecule has 0 radical (unpaired) electrons. The molecule has 1 aromatic carbocycles. The Bertz CT molecular complexity index is 511. The van der Waals surface area contributed by atoms with Crippen molar-refractivity contribution >= 4 is 0 Å². The molecule has 1 aliphatic carbocycles. The van der Waals surface area contributed by atoms with Crippen molar-refractivity contribution in [2.45, 2.75) is 50.9 Å². The van der Waals surface area contributed by atoms with Crippen LogP contribution in [0.1, 0.15) is 44.2 Å². The normalized spacial score (nSPS) is 23.4. The molecule has 1 unspecified atom stereocenters. The smallest absolute Gasteiger partial charge is 0.391 e. The number of nitrogens with one attached hydrogen (secondary N) is 1. The lowest BCUT2D eigenvalue weighted by Gasteiger charge is -2.32. The second kappa shape index (κ2) is 7.43. The fraction of sp³-hybridized carbons (Fsp3) is 0.647. The van der Waals surface area contributed by atoms with Gasteiger partial charge in [-0.1, -0.05) is 0 Å². The number of methoxy groups -OCH3 is 2. The molecule has 23 heavy (non-hydrogen) atoms. The van der Waals surface area contributed by atoms with E-state index in [2.05, 4.69) is 5.32 Å². The zero-order valence-electron chi connectivity index (χ0n) is 13.7. The summed E-state index contributed by atoms with van der Waals surface area (Å²) < 4.78 is 48.8. The van der Waals surface area contributed by atoms with E-state index in [1.54, 1.807) is 14.2 Å². The van der Waals surface area contributed by atoms with Crippen LogP contribution in [-0.4, -0.2) is 26.4 Å². The van der Waals surface area contributed by atoms with E-state index in [4.69, 9.17) is 9.47 Å². The summed E-state index contributed by atoms with van der Waals surface area (Å²) in [5.41, 5.74) is 0.949. The minimum atomic E-state index is -4.06. The van der Waals surface area contributed by atoms with Crippen LogP contribution < -0.4 is 14.8 Å². The van der Waals surface area contributed by atoms with Crippen LogP contribution in [0.25, 0.3) is 0 Å². The Labute approximate surface area is 135 Å². The lowest BCUT2D eigenvalue weighted by atomic mass is 9.85. The summed E-state index contributed by atoms with van der Waals surface area (Å²) in [6.45, 7) is 1.99. The van der Waals surface area contributed by atoms with Gasteiger partial charge in [-0.3, -0.25) is 0 Å². The second-order valence-electron chi connectivity index (χ2n) is 6.09. The molecule has 130 valence electrons. The van der Waals surface area contributed by atoms with E-state index < -0.39 is 12.1 Å². The van der Waals surface area contributed by atoms with Gasteiger partial charge in [-0.2, -0.15) is 13.2 Å². The third kappa shape index (κ3) is 4.53. The van der Waals surface area contributed by atoms with Crippen molar-refractivity contribution in [1.29, 1.82) is 0 Å². The zero-order valence-corrected chi connectivity index (χ0v) is 13.7. The summed E-state index contributed by atoms with van der Waals surface area (Å²) in [6, 6.07) is 5.64. The van der Waals surface area contributed by atoms with Gasteiger partial charge in [0.2, 0.25) is 0 Å². The van der Waals surface area contributed by atoms with Gasteiger partial charge in [-0.25, -0.2) is 0 Å². The van der Waals surface area contributed by atoms with Gasteiger partial charge in [0.15, 0.2) is 0 Å². The second-order valence-corrected chi connectivity index (χ2v) is 6.09. The fourth-order valence-corrected chi connectivity index (χ4v) is 3.21. The molecule has 1 aromatic rings. The van der Waals surface area contributed by atoms with E-state index >= 15 is 0 Å². The zero-order chi connectivity index (χ0) is 17.0. The number of benzene rings is 1. The number of ether oxygens (including phenoxy) is 2. The van der Waals surface area contributed by atoms with E-state index in [-0.39, 0.29) is 24.9 Å². The Kier molecular flexibility index (Phi) is 5.79. The van der Waals surface area contributed by atoms with Crippen LogP contribution in [0.3, 0.4) is 0 Å². The van der Waals surface area contributed by atoms with Gasteiger partial charge in [0.1, 0.15) is 11.5 Å². The summed E-state index contributed by atoms with van der Waals surface area (Å²) in [6.07, 6.45) is -2.58. The first-order chi connectivity index (χ1) is 10.8. The van der Waals surface area contributed by atoms with Crippen LogP contribution in [0.4, 0.5) is 13.2 Å². The standard InChI is InChI=1S/C17H24F3NO2/c1-11(15-10-14(22-2)8-9-16(15)23-3)21-13-6-4-12(5-7-13)17(18,19)20/h8-13,21H,4-7H2,1-3H3. The van der Waals surface area contributed by atoms with Gasteiger partial charge in [0.25, 0.3) is 0 Å². The van der Waals surface area contributed by atoms with Crippen LogP contribution in [0.2, 0.25) is 0 Å². The maximum atomic E-state index is 12.7. The molecular weight excluding hydrogens is 307 g/mol. The molecule has 1 aliphatic rings. The van der Waals surface area contributed by atoms with Crippen molar-refractivity contribution in [3.05, 3.63) is 23.8 Å². The van der Waals surface area contributed by atoms with Gasteiger partial charge in [0.05, 0.1) is 20.1 Å². The quantitative estimate of drug-likeness (QED) is 0.863. The largest absolute Gasteiger partial charge is 0.497 e. The Morgan fingerprint density at radius 3 is 2.26 bits per heavy atom. The predicted molar refractivity (Wildman–Crippen MR) is 82.9 cm³/mol. The minimum Gasteiger partial charge on any atom is -0.497 e. The number of hydrogen-bond donors (Lipinski definition) is 1. The monoisotopic (exact) mass is 331 g/mol. The number of alkyl halides is 3. The highest BCUT2D eigenvalue weighted by molar-refractivity contribution is 5.42. The lowest BCUT2D eigenvalue weighted by molar-refractivity contribution is -0.182. The van der Waals surface area contributed by atoms with Gasteiger partial charge >= 0.3 is 6.18 Å². The summed E-state index contributed by atoms with van der Waals surface area (Å²) in [7, 11) is 3.20. The Morgan fingerprint density at radius 1 is 1.09 bits per heavy atom. The van der Waals surface area contributed by atoms with Crippen LogP contribution in [0.5, 0.6) is 11.5 Å². The molecule has 2 rings (SSSR count). The van der Waals surface area contributed by atoms with Gasteiger partial charge in [-0.05, 0) is 50.8 Å². The average Bonchev–Trinajstić information content (AvgIpc) is 2.53. The SMILES string of the molecule is COc1ccc(OC)c(C(C)NC2CCC(C(F)(F)F)CC2)c1. The van der Waals surface area contributed by atoms with Gasteiger partial charge in [0, 0.05) is 17.6 Å². The maximum Gasteiger partial charge on any atom is 0.391 e. The molecule has 1 fully saturated rings. The Hall–Kier alpha value is -1.43. The molecule has 0 bridgehead atoms. The first kappa shape index (κ1) is 17.9. The van der Waals surface area contributed by atoms with Crippen molar-refractivity contribution < 1.29 is 22.6 Å². The van der Waals surface area contributed by atoms with E-state index in [0.29, 0.717) is 12.8 Å². The van der Waals surface area contributed by atoms with E-state index in [9.17, 15) is 13.2 Å². The summed E-state index contributed by atoms with van der Waals surface area (Å²) >= 11 is 0. The highest BCUT2D eigenvalue weighted by Crippen LogP contribution is 2.38. The Balaban J connectivity index is 1.99. The molecule has 0 heterocycles. The summed E-state index contributed by atoms with van der Waals surface area (Å²) in [5, 5.41) is 3.43. The highest BCUT2D eigenvalue weighted by Gasteiger charge is 2.41. The number of halogens is 3. The van der Waals surface area contributed by atoms with Crippen LogP contribution >= 0.6 is 0 Å². The molecule has 6 heteroatoms. The minimum absolute atomic E-state index is 0.0208. The van der Waals surface area contributed by atoms with Crippen molar-refractivity contribution in [1.82, 2.24) is 5.32 Å². The lowest BCUT2D eigenvalue weighted by Crippen LogP contribution is -2.38. The van der Waals surface area contributed by atoms with Crippen molar-refractivity contribution in [2.24, 2.45) is 5.92 Å². The van der Waals surface area contributed by atoms with Crippen LogP contribution in [-0.2, 0) is 0 Å². The van der Waals surface area contributed by atoms with Gasteiger partial charge in [-0.15, -0.1) is 0 Å². The maximum absolute atomic E-state index is 12.7. The van der Waals surface area contributed by atoms with Crippen LogP contribution in [0.15, 0.2) is 18.2 Å². The molecule has 0 spiro atoms. The third-order valence-electron chi connectivity index (χ3n) is 4.58. The molecule has 1 N–H and O–H groups in total. The molecular formula is C17H24F3NO2. The molecule has 0 saturated heterocycles. The molecule has 1 saturated carbocycles. The number of hydrogen-bond acceptors (Lipinski definition) is 3. The Morgan fingerprint density at radius 2 is 1.74 bits per heavy atom. The highest BCUT2D eigenvalue weighted by atomic mass is 19.4. The van der Waals surface area contributed by atoms with Gasteiger partial charge < -0.3 is 14.8 Å². The first-order valence-corrected chi connectivity index (χ1v) is 7.89. The van der Waals surface area contributed by atoms with Crippen molar-refractivity contribution in [3.8, 4) is 11.5 Å². The van der Waals surface area contributed by atoms with Crippen molar-refractivity contribution in [3.63, 3.8) is 0 Å². The van der Waals surface area contributed by atoms with E-state index in [1.807, 2.05) is 25.1 Å². The molecule has 3 nitrogen and oxygen atoms in total. The van der Waals surface area contributed by atoms with Crippen molar-refractivity contribution in [2.75, 3.05) is 14.2 Å². The fourth-order valence-electron chi connectivity index (χ4n) is 3.21. The topological polar surface area (TPSA) is 30.5 Å². The molecule has 0 aromatic heterocycles. The average molecular weight is 331 g/mol. The third-order valence-corrected chi connectivity index (χ3v) is 4.58. The van der Waals surface area contributed by atoms with Crippen LogP contribution in [0, 0.1) is 5.92 Å². The summed E-state index contributed by atoms with van der Waals surface area (Å²) in [4.78, 5) is 0. The molecule has 0 amide bonds. The molecule has 0 aliphatic heterocycles. The number of rotatable bonds is 5. The summed E-state index contributed by atoms with van der Waals surface area (Å²) in [5.74, 6) is 0.326. The molecule has 1 atom stereocenters. The van der Waals surface area contributed by atoms with E-state index in [1.165, 1.54) is 0 Å². The van der Waals surface area contributed by atoms with E-state index in [0.717, 1.165) is 17.1 Å². The first-order valence-electron chi connectivity index (χ1n) is 7.89. The predicted octanol–water partition coefficient (Wildman–Crippen LogP) is 4.48.